The molecule has 4 rings (SSSR count). The van der Waals surface area contributed by atoms with Crippen molar-refractivity contribution < 1.29 is 27.5 Å². The molecular weight excluding hydrogens is 475 g/mol. The summed E-state index contributed by atoms with van der Waals surface area (Å²) in [7, 11) is 0. The average molecular weight is 498 g/mol. The van der Waals surface area contributed by atoms with Crippen LogP contribution >= 0.6 is 22.7 Å². The van der Waals surface area contributed by atoms with Gasteiger partial charge in [0, 0.05) is 28.1 Å². The molecule has 3 heterocycles. The zero-order chi connectivity index (χ0) is 23.8. The van der Waals surface area contributed by atoms with E-state index in [2.05, 4.69) is 16.0 Å². The second-order valence-electron chi connectivity index (χ2n) is 7.52. The number of hydrogen-bond donors (Lipinski definition) is 3. The van der Waals surface area contributed by atoms with Crippen molar-refractivity contribution in [1.29, 1.82) is 0 Å². The molecular formula is C22H22F3N3O3S2. The van der Waals surface area contributed by atoms with Crippen molar-refractivity contribution in [1.82, 2.24) is 10.6 Å². The molecule has 0 spiro atoms. The summed E-state index contributed by atoms with van der Waals surface area (Å²) < 4.78 is 46.8. The van der Waals surface area contributed by atoms with E-state index in [0.717, 1.165) is 21.6 Å². The SMILES string of the molecule is CCOC(=O)c1c(NC(=O)NCc2c(C(F)(F)F)sc3c2CCNC3)sc2c(C)cccc12. The normalized spacial score (nSPS) is 13.6. The van der Waals surface area contributed by atoms with E-state index < -0.39 is 23.1 Å². The largest absolute Gasteiger partial charge is 0.462 e. The van der Waals surface area contributed by atoms with Gasteiger partial charge in [-0.3, -0.25) is 5.32 Å². The van der Waals surface area contributed by atoms with Crippen LogP contribution in [-0.2, 0) is 30.4 Å². The fourth-order valence-electron chi connectivity index (χ4n) is 3.89. The number of carbonyl (C=O) groups excluding carboxylic acids is 2. The van der Waals surface area contributed by atoms with Gasteiger partial charge in [-0.15, -0.1) is 22.7 Å². The van der Waals surface area contributed by atoms with Crippen LogP contribution in [0.3, 0.4) is 0 Å². The van der Waals surface area contributed by atoms with Gasteiger partial charge in [0.2, 0.25) is 0 Å². The molecule has 0 unspecified atom stereocenters. The van der Waals surface area contributed by atoms with Gasteiger partial charge in [-0.1, -0.05) is 18.2 Å². The van der Waals surface area contributed by atoms with Crippen LogP contribution in [0, 0.1) is 6.92 Å². The van der Waals surface area contributed by atoms with Gasteiger partial charge in [-0.25, -0.2) is 9.59 Å². The van der Waals surface area contributed by atoms with Crippen molar-refractivity contribution >= 4 is 49.8 Å². The van der Waals surface area contributed by atoms with E-state index in [0.29, 0.717) is 40.3 Å². The fourth-order valence-corrected chi connectivity index (χ4v) is 6.24. The molecule has 3 aromatic rings. The van der Waals surface area contributed by atoms with E-state index in [1.54, 1.807) is 13.0 Å². The van der Waals surface area contributed by atoms with E-state index >= 15 is 0 Å². The number of benzene rings is 1. The zero-order valence-electron chi connectivity index (χ0n) is 17.9. The third kappa shape index (κ3) is 4.71. The number of nitrogens with one attached hydrogen (secondary N) is 3. The number of anilines is 1. The summed E-state index contributed by atoms with van der Waals surface area (Å²) in [5, 5.41) is 9.22. The lowest BCUT2D eigenvalue weighted by Crippen LogP contribution is -2.30. The van der Waals surface area contributed by atoms with E-state index in [1.807, 2.05) is 19.1 Å². The van der Waals surface area contributed by atoms with Crippen LogP contribution in [-0.4, -0.2) is 25.2 Å². The maximum atomic E-state index is 13.6. The Morgan fingerprint density at radius 1 is 1.24 bits per heavy atom. The summed E-state index contributed by atoms with van der Waals surface area (Å²) in [5.74, 6) is -0.566. The zero-order valence-corrected chi connectivity index (χ0v) is 19.6. The quantitative estimate of drug-likeness (QED) is 0.411. The second kappa shape index (κ2) is 9.32. The molecule has 1 aromatic carbocycles. The number of ether oxygens (including phenoxy) is 1. The van der Waals surface area contributed by atoms with Crippen molar-refractivity contribution in [3.8, 4) is 0 Å². The first-order valence-corrected chi connectivity index (χ1v) is 12.0. The average Bonchev–Trinajstić information content (AvgIpc) is 3.31. The number of esters is 1. The standard InChI is InChI=1S/C22H22F3N3O3S2/c1-3-31-20(29)16-13-6-4-5-11(2)17(13)33-19(16)28-21(30)27-9-14-12-7-8-26-10-15(12)32-18(14)22(23,24)25/h4-6,26H,3,7-10H2,1-2H3,(H2,27,28,30). The first kappa shape index (κ1) is 23.5. The highest BCUT2D eigenvalue weighted by atomic mass is 32.1. The van der Waals surface area contributed by atoms with Crippen molar-refractivity contribution in [2.45, 2.75) is 39.5 Å². The lowest BCUT2D eigenvalue weighted by atomic mass is 10.0. The van der Waals surface area contributed by atoms with Gasteiger partial charge in [-0.2, -0.15) is 13.2 Å². The first-order chi connectivity index (χ1) is 15.7. The van der Waals surface area contributed by atoms with Gasteiger partial charge >= 0.3 is 18.2 Å². The Labute approximate surface area is 196 Å². The molecule has 33 heavy (non-hydrogen) atoms. The number of thiophene rings is 2. The molecule has 0 aliphatic carbocycles. The predicted molar refractivity (Wildman–Crippen MR) is 123 cm³/mol. The van der Waals surface area contributed by atoms with Crippen LogP contribution in [0.2, 0.25) is 0 Å². The van der Waals surface area contributed by atoms with Gasteiger partial charge in [0.25, 0.3) is 0 Å². The second-order valence-corrected chi connectivity index (χ2v) is 9.65. The number of hydrogen-bond acceptors (Lipinski definition) is 6. The van der Waals surface area contributed by atoms with Crippen LogP contribution in [0.1, 0.15) is 43.7 Å². The summed E-state index contributed by atoms with van der Waals surface area (Å²) in [5.41, 5.74) is 1.93. The van der Waals surface area contributed by atoms with Crippen LogP contribution < -0.4 is 16.0 Å². The topological polar surface area (TPSA) is 79.5 Å². The molecule has 0 radical (unpaired) electrons. The highest BCUT2D eigenvalue weighted by molar-refractivity contribution is 7.23. The minimum absolute atomic E-state index is 0.108. The fraction of sp³-hybridized carbons (Fsp3) is 0.364. The van der Waals surface area contributed by atoms with Crippen molar-refractivity contribution in [3.05, 3.63) is 50.2 Å². The van der Waals surface area contributed by atoms with Gasteiger partial charge in [-0.05, 0) is 43.5 Å². The monoisotopic (exact) mass is 497 g/mol. The van der Waals surface area contributed by atoms with Crippen LogP contribution in [0.4, 0.5) is 23.0 Å². The molecule has 6 nitrogen and oxygen atoms in total. The van der Waals surface area contributed by atoms with Gasteiger partial charge in [0.15, 0.2) is 0 Å². The molecule has 0 atom stereocenters. The number of alkyl halides is 3. The Bertz CT molecular complexity index is 1220. The molecule has 0 saturated heterocycles. The number of rotatable bonds is 5. The number of aryl methyl sites for hydroxylation is 1. The molecule has 1 aliphatic rings. The van der Waals surface area contributed by atoms with Gasteiger partial charge < -0.3 is 15.4 Å². The Morgan fingerprint density at radius 2 is 2.03 bits per heavy atom. The first-order valence-electron chi connectivity index (χ1n) is 10.4. The Kier molecular flexibility index (Phi) is 6.64. The maximum Gasteiger partial charge on any atom is 0.425 e. The number of carbonyl (C=O) groups is 2. The molecule has 3 N–H and O–H groups in total. The Balaban J connectivity index is 1.58. The van der Waals surface area contributed by atoms with Crippen LogP contribution in [0.5, 0.6) is 0 Å². The van der Waals surface area contributed by atoms with Crippen LogP contribution in [0.25, 0.3) is 10.1 Å². The van der Waals surface area contributed by atoms with Gasteiger partial charge in [0.1, 0.15) is 15.4 Å². The van der Waals surface area contributed by atoms with Gasteiger partial charge in [0.05, 0.1) is 6.61 Å². The smallest absolute Gasteiger partial charge is 0.425 e. The molecule has 11 heteroatoms. The van der Waals surface area contributed by atoms with Crippen molar-refractivity contribution in [3.63, 3.8) is 0 Å². The highest BCUT2D eigenvalue weighted by Crippen LogP contribution is 2.42. The van der Waals surface area contributed by atoms with E-state index in [4.69, 9.17) is 4.74 Å². The molecule has 1 aliphatic heterocycles. The molecule has 0 saturated carbocycles. The molecule has 0 fully saturated rings. The summed E-state index contributed by atoms with van der Waals surface area (Å²) in [6.45, 7) is 4.47. The lowest BCUT2D eigenvalue weighted by molar-refractivity contribution is -0.135. The van der Waals surface area contributed by atoms with E-state index in [9.17, 15) is 22.8 Å². The van der Waals surface area contributed by atoms with Crippen LogP contribution in [0.15, 0.2) is 18.2 Å². The molecule has 2 aromatic heterocycles. The van der Waals surface area contributed by atoms with Crippen molar-refractivity contribution in [2.75, 3.05) is 18.5 Å². The molecule has 176 valence electrons. The third-order valence-corrected chi connectivity index (χ3v) is 7.92. The van der Waals surface area contributed by atoms with E-state index in [1.165, 1.54) is 11.3 Å². The molecule has 2 amide bonds. The molecule has 0 bridgehead atoms. The van der Waals surface area contributed by atoms with E-state index in [-0.39, 0.29) is 24.3 Å². The predicted octanol–water partition coefficient (Wildman–Crippen LogP) is 5.43. The Hall–Kier alpha value is -2.63. The summed E-state index contributed by atoms with van der Waals surface area (Å²) in [6.07, 6.45) is -4.02. The number of fused-ring (bicyclic) bond motifs is 2. The van der Waals surface area contributed by atoms with Crippen molar-refractivity contribution in [2.24, 2.45) is 0 Å². The lowest BCUT2D eigenvalue weighted by Gasteiger charge is -2.15. The number of urea groups is 1. The Morgan fingerprint density at radius 3 is 2.76 bits per heavy atom. The minimum Gasteiger partial charge on any atom is -0.462 e. The third-order valence-electron chi connectivity index (χ3n) is 5.34. The summed E-state index contributed by atoms with van der Waals surface area (Å²) in [6, 6.07) is 4.79. The summed E-state index contributed by atoms with van der Waals surface area (Å²) in [4.78, 5) is 25.2. The number of halogens is 3. The minimum atomic E-state index is -4.49. The maximum absolute atomic E-state index is 13.6. The highest BCUT2D eigenvalue weighted by Gasteiger charge is 2.38. The summed E-state index contributed by atoms with van der Waals surface area (Å²) >= 11 is 1.95. The number of amides is 2.